The average molecular weight is 443 g/mol. The minimum absolute atomic E-state index is 0.595. The maximum Gasteiger partial charge on any atom is 0.131 e. The summed E-state index contributed by atoms with van der Waals surface area (Å²) in [6, 6.07) is 21.7. The SMILES string of the molecule is COc1cccc(Oc2ccc(CN3CCN(c4ccc(Cl)c(Cl)c4)CC3)cc2)c1. The van der Waals surface area contributed by atoms with Gasteiger partial charge in [-0.1, -0.05) is 41.4 Å². The van der Waals surface area contributed by atoms with Crippen LogP contribution >= 0.6 is 23.2 Å². The van der Waals surface area contributed by atoms with Gasteiger partial charge in [0.1, 0.15) is 17.2 Å². The second-order valence-corrected chi connectivity index (χ2v) is 8.10. The molecule has 1 fully saturated rings. The molecule has 0 spiro atoms. The minimum atomic E-state index is 0.595. The van der Waals surface area contributed by atoms with E-state index in [1.807, 2.05) is 54.6 Å². The summed E-state index contributed by atoms with van der Waals surface area (Å²) in [5.41, 5.74) is 2.40. The summed E-state index contributed by atoms with van der Waals surface area (Å²) in [6.45, 7) is 4.86. The highest BCUT2D eigenvalue weighted by Gasteiger charge is 2.18. The lowest BCUT2D eigenvalue weighted by atomic mass is 10.2. The molecule has 3 aromatic carbocycles. The molecular weight excluding hydrogens is 419 g/mol. The first-order chi connectivity index (χ1) is 14.6. The summed E-state index contributed by atoms with van der Waals surface area (Å²) in [5, 5.41) is 1.20. The predicted octanol–water partition coefficient (Wildman–Crippen LogP) is 6.12. The molecule has 0 aromatic heterocycles. The Balaban J connectivity index is 1.30. The molecule has 1 aliphatic heterocycles. The first-order valence-electron chi connectivity index (χ1n) is 9.94. The van der Waals surface area contributed by atoms with Crippen molar-refractivity contribution in [3.05, 3.63) is 82.3 Å². The fourth-order valence-electron chi connectivity index (χ4n) is 3.57. The van der Waals surface area contributed by atoms with Crippen molar-refractivity contribution in [3.8, 4) is 17.2 Å². The van der Waals surface area contributed by atoms with Gasteiger partial charge < -0.3 is 14.4 Å². The van der Waals surface area contributed by atoms with E-state index in [1.165, 1.54) is 5.56 Å². The third-order valence-electron chi connectivity index (χ3n) is 5.25. The summed E-state index contributed by atoms with van der Waals surface area (Å²) in [7, 11) is 1.65. The third kappa shape index (κ3) is 5.20. The Labute approximate surface area is 187 Å². The van der Waals surface area contributed by atoms with Crippen molar-refractivity contribution in [2.45, 2.75) is 6.54 Å². The van der Waals surface area contributed by atoms with Crippen LogP contribution in [-0.4, -0.2) is 38.2 Å². The summed E-state index contributed by atoms with van der Waals surface area (Å²) in [6.07, 6.45) is 0. The van der Waals surface area contributed by atoms with E-state index in [1.54, 1.807) is 7.11 Å². The van der Waals surface area contributed by atoms with Gasteiger partial charge in [0.05, 0.1) is 17.2 Å². The molecule has 1 aliphatic rings. The van der Waals surface area contributed by atoms with Crippen LogP contribution in [0.3, 0.4) is 0 Å². The topological polar surface area (TPSA) is 24.9 Å². The van der Waals surface area contributed by atoms with Gasteiger partial charge in [-0.2, -0.15) is 0 Å². The Hall–Kier alpha value is -2.40. The molecule has 0 atom stereocenters. The summed E-state index contributed by atoms with van der Waals surface area (Å²) in [4.78, 5) is 4.82. The Kier molecular flexibility index (Phi) is 6.68. The predicted molar refractivity (Wildman–Crippen MR) is 123 cm³/mol. The van der Waals surface area contributed by atoms with Crippen LogP contribution < -0.4 is 14.4 Å². The van der Waals surface area contributed by atoms with E-state index in [0.29, 0.717) is 10.0 Å². The van der Waals surface area contributed by atoms with E-state index in [9.17, 15) is 0 Å². The maximum absolute atomic E-state index is 6.16. The largest absolute Gasteiger partial charge is 0.497 e. The molecular formula is C24H24Cl2N2O2. The van der Waals surface area contributed by atoms with Crippen molar-refractivity contribution in [1.29, 1.82) is 0 Å². The van der Waals surface area contributed by atoms with Crippen molar-refractivity contribution in [2.24, 2.45) is 0 Å². The van der Waals surface area contributed by atoms with Crippen LogP contribution in [0, 0.1) is 0 Å². The Morgan fingerprint density at radius 1 is 0.767 bits per heavy atom. The molecule has 30 heavy (non-hydrogen) atoms. The lowest BCUT2D eigenvalue weighted by molar-refractivity contribution is 0.250. The van der Waals surface area contributed by atoms with Crippen molar-refractivity contribution in [2.75, 3.05) is 38.2 Å². The minimum Gasteiger partial charge on any atom is -0.497 e. The van der Waals surface area contributed by atoms with Crippen molar-refractivity contribution >= 4 is 28.9 Å². The molecule has 1 heterocycles. The van der Waals surface area contributed by atoms with Gasteiger partial charge in [0.2, 0.25) is 0 Å². The Morgan fingerprint density at radius 3 is 2.20 bits per heavy atom. The van der Waals surface area contributed by atoms with E-state index in [0.717, 1.165) is 55.7 Å². The second kappa shape index (κ2) is 9.61. The van der Waals surface area contributed by atoms with E-state index in [2.05, 4.69) is 21.9 Å². The molecule has 0 saturated carbocycles. The summed E-state index contributed by atoms with van der Waals surface area (Å²) < 4.78 is 11.2. The number of piperazine rings is 1. The highest BCUT2D eigenvalue weighted by Crippen LogP contribution is 2.28. The van der Waals surface area contributed by atoms with Crippen LogP contribution in [0.4, 0.5) is 5.69 Å². The fraction of sp³-hybridized carbons (Fsp3) is 0.250. The molecule has 0 N–H and O–H groups in total. The zero-order chi connectivity index (χ0) is 20.9. The zero-order valence-corrected chi connectivity index (χ0v) is 18.4. The van der Waals surface area contributed by atoms with Gasteiger partial charge in [-0.3, -0.25) is 4.90 Å². The number of nitrogens with zero attached hydrogens (tertiary/aromatic N) is 2. The van der Waals surface area contributed by atoms with Gasteiger partial charge in [-0.25, -0.2) is 0 Å². The average Bonchev–Trinajstić information content (AvgIpc) is 2.78. The molecule has 4 nitrogen and oxygen atoms in total. The Bertz CT molecular complexity index is 987. The molecule has 4 rings (SSSR count). The lowest BCUT2D eigenvalue weighted by Crippen LogP contribution is -2.45. The number of halogens is 2. The fourth-order valence-corrected chi connectivity index (χ4v) is 3.86. The van der Waals surface area contributed by atoms with Crippen LogP contribution in [0.25, 0.3) is 0 Å². The molecule has 0 bridgehead atoms. The molecule has 156 valence electrons. The number of hydrogen-bond acceptors (Lipinski definition) is 4. The van der Waals surface area contributed by atoms with Crippen LogP contribution in [0.1, 0.15) is 5.56 Å². The highest BCUT2D eigenvalue weighted by atomic mass is 35.5. The normalized spacial score (nSPS) is 14.6. The zero-order valence-electron chi connectivity index (χ0n) is 16.9. The van der Waals surface area contributed by atoms with E-state index < -0.39 is 0 Å². The third-order valence-corrected chi connectivity index (χ3v) is 5.99. The van der Waals surface area contributed by atoms with E-state index in [-0.39, 0.29) is 0 Å². The monoisotopic (exact) mass is 442 g/mol. The van der Waals surface area contributed by atoms with Crippen molar-refractivity contribution < 1.29 is 9.47 Å². The molecule has 0 radical (unpaired) electrons. The first-order valence-corrected chi connectivity index (χ1v) is 10.7. The smallest absolute Gasteiger partial charge is 0.131 e. The first kappa shape index (κ1) is 20.9. The molecule has 6 heteroatoms. The number of benzene rings is 3. The van der Waals surface area contributed by atoms with E-state index >= 15 is 0 Å². The summed E-state index contributed by atoms with van der Waals surface area (Å²) in [5.74, 6) is 2.36. The lowest BCUT2D eigenvalue weighted by Gasteiger charge is -2.36. The molecule has 0 aliphatic carbocycles. The maximum atomic E-state index is 6.16. The number of methoxy groups -OCH3 is 1. The van der Waals surface area contributed by atoms with Gasteiger partial charge in [0, 0.05) is 44.5 Å². The molecule has 3 aromatic rings. The highest BCUT2D eigenvalue weighted by molar-refractivity contribution is 6.42. The molecule has 0 unspecified atom stereocenters. The van der Waals surface area contributed by atoms with Crippen LogP contribution in [0.15, 0.2) is 66.7 Å². The van der Waals surface area contributed by atoms with Crippen LogP contribution in [-0.2, 0) is 6.54 Å². The number of ether oxygens (including phenoxy) is 2. The van der Waals surface area contributed by atoms with Gasteiger partial charge in [0.25, 0.3) is 0 Å². The molecule has 1 saturated heterocycles. The standard InChI is InChI=1S/C24H24Cl2N2O2/c1-29-21-3-2-4-22(16-21)30-20-8-5-18(6-9-20)17-27-11-13-28(14-12-27)19-7-10-23(25)24(26)15-19/h2-10,15-16H,11-14,17H2,1H3. The number of hydrogen-bond donors (Lipinski definition) is 0. The van der Waals surface area contributed by atoms with Gasteiger partial charge in [-0.15, -0.1) is 0 Å². The van der Waals surface area contributed by atoms with Crippen molar-refractivity contribution in [1.82, 2.24) is 4.90 Å². The molecule has 0 amide bonds. The quantitative estimate of drug-likeness (QED) is 0.459. The number of rotatable bonds is 6. The van der Waals surface area contributed by atoms with Gasteiger partial charge in [0.15, 0.2) is 0 Å². The van der Waals surface area contributed by atoms with Gasteiger partial charge in [-0.05, 0) is 48.0 Å². The van der Waals surface area contributed by atoms with E-state index in [4.69, 9.17) is 32.7 Å². The Morgan fingerprint density at radius 2 is 1.50 bits per heavy atom. The second-order valence-electron chi connectivity index (χ2n) is 7.29. The van der Waals surface area contributed by atoms with Gasteiger partial charge >= 0.3 is 0 Å². The number of anilines is 1. The van der Waals surface area contributed by atoms with Crippen LogP contribution in [0.2, 0.25) is 10.0 Å². The van der Waals surface area contributed by atoms with Crippen LogP contribution in [0.5, 0.6) is 17.2 Å². The van der Waals surface area contributed by atoms with Crippen molar-refractivity contribution in [3.63, 3.8) is 0 Å². The summed E-state index contributed by atoms with van der Waals surface area (Å²) >= 11 is 12.2.